The number of aliphatic hydroxyl groups is 1. The van der Waals surface area contributed by atoms with Crippen LogP contribution in [0.2, 0.25) is 0 Å². The van der Waals surface area contributed by atoms with Crippen molar-refractivity contribution in [1.29, 1.82) is 0 Å². The van der Waals surface area contributed by atoms with Crippen LogP contribution in [0.5, 0.6) is 0 Å². The molecule has 0 spiro atoms. The van der Waals surface area contributed by atoms with E-state index in [1.54, 1.807) is 6.07 Å². The van der Waals surface area contributed by atoms with E-state index in [0.29, 0.717) is 5.56 Å². The molecule has 1 aromatic rings. The molecule has 4 heteroatoms. The highest BCUT2D eigenvalue weighted by Gasteiger charge is 2.28. The van der Waals surface area contributed by atoms with Crippen LogP contribution in [0.1, 0.15) is 42.1 Å². The largest absolute Gasteiger partial charge is 0.384 e. The van der Waals surface area contributed by atoms with Gasteiger partial charge in [0.1, 0.15) is 12.4 Å². The Kier molecular flexibility index (Phi) is 4.75. The van der Waals surface area contributed by atoms with Crippen LogP contribution in [0.3, 0.4) is 0 Å². The number of nitrogens with zero attached hydrogens (tertiary/aromatic N) is 1. The summed E-state index contributed by atoms with van der Waals surface area (Å²) in [6, 6.07) is 4.58. The highest BCUT2D eigenvalue weighted by molar-refractivity contribution is 5.94. The zero-order chi connectivity index (χ0) is 14.5. The van der Waals surface area contributed by atoms with Gasteiger partial charge in [0.15, 0.2) is 0 Å². The molecule has 1 aliphatic heterocycles. The molecule has 1 fully saturated rings. The summed E-state index contributed by atoms with van der Waals surface area (Å²) in [6.45, 7) is 2.49. The maximum absolute atomic E-state index is 13.8. The van der Waals surface area contributed by atoms with Gasteiger partial charge in [0.2, 0.25) is 0 Å². The summed E-state index contributed by atoms with van der Waals surface area (Å²) in [7, 11) is 0. The summed E-state index contributed by atoms with van der Waals surface area (Å²) in [4.78, 5) is 14.2. The average Bonchev–Trinajstić information content (AvgIpc) is 2.93. The van der Waals surface area contributed by atoms with E-state index in [1.165, 1.54) is 12.1 Å². The summed E-state index contributed by atoms with van der Waals surface area (Å²) in [6.07, 6.45) is 2.95. The van der Waals surface area contributed by atoms with Gasteiger partial charge in [-0.05, 0) is 37.5 Å². The first-order valence-electron chi connectivity index (χ1n) is 6.87. The maximum Gasteiger partial charge on any atom is 0.254 e. The van der Waals surface area contributed by atoms with Gasteiger partial charge in [-0.3, -0.25) is 4.79 Å². The number of likely N-dealkylation sites (tertiary alicyclic amines) is 1. The SMILES string of the molecule is CCC1CCCN1C(=O)c1ccc(C#CCO)c(F)c1. The van der Waals surface area contributed by atoms with Crippen molar-refractivity contribution in [2.24, 2.45) is 0 Å². The number of amides is 1. The quantitative estimate of drug-likeness (QED) is 0.840. The monoisotopic (exact) mass is 275 g/mol. The number of carbonyl (C=O) groups excluding carboxylic acids is 1. The predicted octanol–water partition coefficient (Wildman–Crippen LogP) is 2.18. The summed E-state index contributed by atoms with van der Waals surface area (Å²) in [5.41, 5.74) is 0.557. The van der Waals surface area contributed by atoms with Crippen LogP contribution in [0.15, 0.2) is 18.2 Å². The molecular weight excluding hydrogens is 257 g/mol. The van der Waals surface area contributed by atoms with Gasteiger partial charge in [-0.2, -0.15) is 0 Å². The standard InChI is InChI=1S/C16H18FNO2/c1-2-14-6-3-9-18(14)16(20)13-8-7-12(5-4-10-19)15(17)11-13/h7-8,11,14,19H,2-3,6,9-10H2,1H3. The minimum Gasteiger partial charge on any atom is -0.384 e. The van der Waals surface area contributed by atoms with Gasteiger partial charge in [0.05, 0.1) is 5.56 Å². The van der Waals surface area contributed by atoms with E-state index in [2.05, 4.69) is 18.8 Å². The van der Waals surface area contributed by atoms with Crippen LogP contribution in [0, 0.1) is 17.7 Å². The molecule has 1 N–H and O–H groups in total. The second-order valence-corrected chi connectivity index (χ2v) is 4.86. The minimum absolute atomic E-state index is 0.116. The molecule has 1 unspecified atom stereocenters. The van der Waals surface area contributed by atoms with Crippen LogP contribution >= 0.6 is 0 Å². The smallest absolute Gasteiger partial charge is 0.254 e. The van der Waals surface area contributed by atoms with E-state index >= 15 is 0 Å². The summed E-state index contributed by atoms with van der Waals surface area (Å²) < 4.78 is 13.8. The van der Waals surface area contributed by atoms with E-state index in [0.717, 1.165) is 25.8 Å². The van der Waals surface area contributed by atoms with Crippen molar-refractivity contribution in [2.75, 3.05) is 13.2 Å². The number of rotatable bonds is 2. The van der Waals surface area contributed by atoms with E-state index in [9.17, 15) is 9.18 Å². The first-order valence-corrected chi connectivity index (χ1v) is 6.87. The first-order chi connectivity index (χ1) is 9.67. The minimum atomic E-state index is -0.524. The molecule has 1 aromatic carbocycles. The van der Waals surface area contributed by atoms with E-state index in [-0.39, 0.29) is 24.1 Å². The summed E-state index contributed by atoms with van der Waals surface area (Å²) in [5, 5.41) is 8.60. The molecule has 1 atom stereocenters. The van der Waals surface area contributed by atoms with Crippen molar-refractivity contribution in [1.82, 2.24) is 4.90 Å². The topological polar surface area (TPSA) is 40.5 Å². The Morgan fingerprint density at radius 2 is 2.35 bits per heavy atom. The normalized spacial score (nSPS) is 17.8. The molecule has 20 heavy (non-hydrogen) atoms. The average molecular weight is 275 g/mol. The lowest BCUT2D eigenvalue weighted by molar-refractivity contribution is 0.0733. The molecule has 0 radical (unpaired) electrons. The zero-order valence-corrected chi connectivity index (χ0v) is 11.5. The van der Waals surface area contributed by atoms with Gasteiger partial charge in [0, 0.05) is 18.2 Å². The fourth-order valence-electron chi connectivity index (χ4n) is 2.58. The molecule has 1 saturated heterocycles. The molecule has 0 bridgehead atoms. The number of hydrogen-bond donors (Lipinski definition) is 1. The van der Waals surface area contributed by atoms with E-state index in [1.807, 2.05) is 4.90 Å². The van der Waals surface area contributed by atoms with Crippen LogP contribution in [-0.4, -0.2) is 35.1 Å². The third-order valence-corrected chi connectivity index (χ3v) is 3.63. The van der Waals surface area contributed by atoms with Crippen LogP contribution in [0.25, 0.3) is 0 Å². The number of benzene rings is 1. The number of aliphatic hydroxyl groups excluding tert-OH is 1. The second-order valence-electron chi connectivity index (χ2n) is 4.86. The van der Waals surface area contributed by atoms with Crippen molar-refractivity contribution in [3.63, 3.8) is 0 Å². The highest BCUT2D eigenvalue weighted by atomic mass is 19.1. The van der Waals surface area contributed by atoms with Gasteiger partial charge in [-0.15, -0.1) is 0 Å². The molecule has 106 valence electrons. The fraction of sp³-hybridized carbons (Fsp3) is 0.438. The lowest BCUT2D eigenvalue weighted by atomic mass is 10.1. The fourth-order valence-corrected chi connectivity index (χ4v) is 2.58. The zero-order valence-electron chi connectivity index (χ0n) is 11.5. The van der Waals surface area contributed by atoms with Crippen LogP contribution in [0.4, 0.5) is 4.39 Å². The van der Waals surface area contributed by atoms with Gasteiger partial charge < -0.3 is 10.0 Å². The Hall–Kier alpha value is -1.86. The number of hydrogen-bond acceptors (Lipinski definition) is 2. The molecule has 1 heterocycles. The summed E-state index contributed by atoms with van der Waals surface area (Å²) >= 11 is 0. The van der Waals surface area contributed by atoms with E-state index < -0.39 is 5.82 Å². The molecule has 0 aromatic heterocycles. The van der Waals surface area contributed by atoms with Gasteiger partial charge >= 0.3 is 0 Å². The Morgan fingerprint density at radius 3 is 3.00 bits per heavy atom. The molecule has 0 aliphatic carbocycles. The van der Waals surface area contributed by atoms with E-state index in [4.69, 9.17) is 5.11 Å². The lowest BCUT2D eigenvalue weighted by Gasteiger charge is -2.23. The third kappa shape index (κ3) is 3.00. The first kappa shape index (κ1) is 14.5. The lowest BCUT2D eigenvalue weighted by Crippen LogP contribution is -2.35. The maximum atomic E-state index is 13.8. The van der Waals surface area contributed by atoms with Gasteiger partial charge in [-0.1, -0.05) is 18.8 Å². The Morgan fingerprint density at radius 1 is 1.55 bits per heavy atom. The van der Waals surface area contributed by atoms with Gasteiger partial charge in [0.25, 0.3) is 5.91 Å². The molecular formula is C16H18FNO2. The van der Waals surface area contributed by atoms with Crippen molar-refractivity contribution >= 4 is 5.91 Å². The molecule has 1 aliphatic rings. The van der Waals surface area contributed by atoms with Crippen molar-refractivity contribution < 1.29 is 14.3 Å². The van der Waals surface area contributed by atoms with Crippen molar-refractivity contribution in [3.8, 4) is 11.8 Å². The van der Waals surface area contributed by atoms with Crippen molar-refractivity contribution in [2.45, 2.75) is 32.2 Å². The Bertz CT molecular complexity index is 559. The number of halogens is 1. The molecule has 3 nitrogen and oxygen atoms in total. The molecule has 1 amide bonds. The Balaban J connectivity index is 2.21. The Labute approximate surface area is 118 Å². The third-order valence-electron chi connectivity index (χ3n) is 3.63. The van der Waals surface area contributed by atoms with Crippen molar-refractivity contribution in [3.05, 3.63) is 35.1 Å². The highest BCUT2D eigenvalue weighted by Crippen LogP contribution is 2.22. The predicted molar refractivity (Wildman–Crippen MR) is 74.7 cm³/mol. The molecule has 0 saturated carbocycles. The number of carbonyl (C=O) groups is 1. The molecule has 2 rings (SSSR count). The second kappa shape index (κ2) is 6.53. The van der Waals surface area contributed by atoms with Crippen LogP contribution < -0.4 is 0 Å². The van der Waals surface area contributed by atoms with Crippen LogP contribution in [-0.2, 0) is 0 Å². The van der Waals surface area contributed by atoms with Gasteiger partial charge in [-0.25, -0.2) is 4.39 Å². The summed E-state index contributed by atoms with van der Waals surface area (Å²) in [5.74, 6) is 4.27.